The van der Waals surface area contributed by atoms with Gasteiger partial charge in [-0.05, 0) is 50.7 Å². The Balaban J connectivity index is 3.34. The van der Waals surface area contributed by atoms with Crippen molar-refractivity contribution in [3.8, 4) is 0 Å². The van der Waals surface area contributed by atoms with Crippen molar-refractivity contribution in [1.82, 2.24) is 5.32 Å². The molecule has 3 nitrogen and oxygen atoms in total. The number of nitrogens with one attached hydrogen (secondary N) is 1. The molecule has 2 N–H and O–H groups in total. The molecule has 0 aliphatic carbocycles. The van der Waals surface area contributed by atoms with E-state index in [0.717, 1.165) is 13.0 Å². The van der Waals surface area contributed by atoms with Crippen molar-refractivity contribution in [2.24, 2.45) is 5.92 Å². The van der Waals surface area contributed by atoms with Crippen LogP contribution in [0, 0.1) is 5.92 Å². The summed E-state index contributed by atoms with van der Waals surface area (Å²) in [6, 6.07) is 0. The third-order valence-corrected chi connectivity index (χ3v) is 3.41. The van der Waals surface area contributed by atoms with Gasteiger partial charge in [-0.3, -0.25) is 0 Å². The molecule has 0 spiro atoms. The lowest BCUT2D eigenvalue weighted by atomic mass is 10.1. The van der Waals surface area contributed by atoms with Crippen LogP contribution >= 0.6 is 11.8 Å². The molecule has 0 saturated carbocycles. The SMILES string of the molecule is CSCCCCNCC(O)COC(C)CC(C)C. The van der Waals surface area contributed by atoms with Crippen molar-refractivity contribution in [3.05, 3.63) is 0 Å². The summed E-state index contributed by atoms with van der Waals surface area (Å²) in [7, 11) is 0. The molecule has 0 aliphatic rings. The highest BCUT2D eigenvalue weighted by Gasteiger charge is 2.09. The van der Waals surface area contributed by atoms with Gasteiger partial charge in [0.2, 0.25) is 0 Å². The molecular formula is C14H31NO2S. The quantitative estimate of drug-likeness (QED) is 0.538. The van der Waals surface area contributed by atoms with E-state index in [1.807, 2.05) is 11.8 Å². The maximum absolute atomic E-state index is 9.74. The number of aliphatic hydroxyl groups is 1. The normalized spacial score (nSPS) is 15.0. The zero-order chi connectivity index (χ0) is 13.8. The Kier molecular flexibility index (Phi) is 12.4. The Bertz CT molecular complexity index is 179. The van der Waals surface area contributed by atoms with Crippen LogP contribution in [0.2, 0.25) is 0 Å². The summed E-state index contributed by atoms with van der Waals surface area (Å²) < 4.78 is 5.62. The summed E-state index contributed by atoms with van der Waals surface area (Å²) in [6.45, 7) is 8.50. The van der Waals surface area contributed by atoms with Crippen molar-refractivity contribution in [1.29, 1.82) is 0 Å². The summed E-state index contributed by atoms with van der Waals surface area (Å²) in [5, 5.41) is 13.0. The first-order valence-electron chi connectivity index (χ1n) is 7.05. The van der Waals surface area contributed by atoms with Gasteiger partial charge in [-0.15, -0.1) is 0 Å². The Labute approximate surface area is 117 Å². The molecule has 110 valence electrons. The third-order valence-electron chi connectivity index (χ3n) is 2.71. The smallest absolute Gasteiger partial charge is 0.0897 e. The molecule has 2 atom stereocenters. The van der Waals surface area contributed by atoms with Gasteiger partial charge >= 0.3 is 0 Å². The van der Waals surface area contributed by atoms with Crippen LogP contribution in [0.5, 0.6) is 0 Å². The van der Waals surface area contributed by atoms with E-state index in [9.17, 15) is 5.11 Å². The molecule has 2 unspecified atom stereocenters. The minimum absolute atomic E-state index is 0.237. The summed E-state index contributed by atoms with van der Waals surface area (Å²) in [5.74, 6) is 1.87. The predicted octanol–water partition coefficient (Wildman–Crippen LogP) is 2.53. The van der Waals surface area contributed by atoms with Crippen LogP contribution in [0.25, 0.3) is 0 Å². The van der Waals surface area contributed by atoms with Crippen molar-refractivity contribution in [2.45, 2.75) is 52.2 Å². The van der Waals surface area contributed by atoms with E-state index >= 15 is 0 Å². The molecule has 0 aromatic carbocycles. The lowest BCUT2D eigenvalue weighted by Gasteiger charge is -2.18. The highest BCUT2D eigenvalue weighted by atomic mass is 32.2. The molecule has 0 bridgehead atoms. The van der Waals surface area contributed by atoms with E-state index in [0.29, 0.717) is 19.1 Å². The highest BCUT2D eigenvalue weighted by Crippen LogP contribution is 2.07. The Morgan fingerprint density at radius 2 is 1.94 bits per heavy atom. The molecular weight excluding hydrogens is 246 g/mol. The predicted molar refractivity (Wildman–Crippen MR) is 81.4 cm³/mol. The average Bonchev–Trinajstić information content (AvgIpc) is 2.30. The molecule has 0 rings (SSSR count). The monoisotopic (exact) mass is 277 g/mol. The second kappa shape index (κ2) is 12.3. The molecule has 4 heteroatoms. The van der Waals surface area contributed by atoms with Gasteiger partial charge < -0.3 is 15.2 Å². The van der Waals surface area contributed by atoms with E-state index in [-0.39, 0.29) is 12.2 Å². The van der Waals surface area contributed by atoms with Crippen molar-refractivity contribution >= 4 is 11.8 Å². The van der Waals surface area contributed by atoms with Crippen LogP contribution in [0.15, 0.2) is 0 Å². The zero-order valence-corrected chi connectivity index (χ0v) is 13.3. The Hall–Kier alpha value is 0.230. The van der Waals surface area contributed by atoms with Gasteiger partial charge in [0, 0.05) is 6.54 Å². The van der Waals surface area contributed by atoms with Crippen molar-refractivity contribution in [2.75, 3.05) is 31.7 Å². The summed E-state index contributed by atoms with van der Waals surface area (Å²) in [5.41, 5.74) is 0. The molecule has 0 aliphatic heterocycles. The van der Waals surface area contributed by atoms with Gasteiger partial charge in [0.25, 0.3) is 0 Å². The Morgan fingerprint density at radius 3 is 2.56 bits per heavy atom. The summed E-state index contributed by atoms with van der Waals surface area (Å²) in [6.07, 6.45) is 5.45. The fourth-order valence-electron chi connectivity index (χ4n) is 1.83. The lowest BCUT2D eigenvalue weighted by molar-refractivity contribution is -0.00842. The molecule has 0 aromatic rings. The molecule has 0 saturated heterocycles. The fraction of sp³-hybridized carbons (Fsp3) is 1.00. The number of thioether (sulfide) groups is 1. The first-order chi connectivity index (χ1) is 8.56. The van der Waals surface area contributed by atoms with Crippen LogP contribution in [-0.4, -0.2) is 49.0 Å². The molecule has 0 heterocycles. The van der Waals surface area contributed by atoms with Gasteiger partial charge in [-0.2, -0.15) is 11.8 Å². The van der Waals surface area contributed by atoms with Crippen LogP contribution in [-0.2, 0) is 4.74 Å². The largest absolute Gasteiger partial charge is 0.389 e. The average molecular weight is 277 g/mol. The summed E-state index contributed by atoms with van der Waals surface area (Å²) in [4.78, 5) is 0. The molecule has 0 fully saturated rings. The summed E-state index contributed by atoms with van der Waals surface area (Å²) >= 11 is 1.88. The van der Waals surface area contributed by atoms with Crippen LogP contribution in [0.4, 0.5) is 0 Å². The van der Waals surface area contributed by atoms with E-state index in [4.69, 9.17) is 4.74 Å². The molecule has 0 aromatic heterocycles. The van der Waals surface area contributed by atoms with E-state index in [2.05, 4.69) is 32.3 Å². The standard InChI is InChI=1S/C14H31NO2S/c1-12(2)9-13(3)17-11-14(16)10-15-7-5-6-8-18-4/h12-16H,5-11H2,1-4H3. The number of hydrogen-bond acceptors (Lipinski definition) is 4. The third kappa shape index (κ3) is 12.7. The van der Waals surface area contributed by atoms with E-state index in [1.165, 1.54) is 18.6 Å². The van der Waals surface area contributed by atoms with Crippen LogP contribution in [0.3, 0.4) is 0 Å². The van der Waals surface area contributed by atoms with Gasteiger partial charge in [0.05, 0.1) is 18.8 Å². The first kappa shape index (κ1) is 18.2. The number of ether oxygens (including phenoxy) is 1. The second-order valence-corrected chi connectivity index (χ2v) is 6.32. The molecule has 0 amide bonds. The molecule has 18 heavy (non-hydrogen) atoms. The van der Waals surface area contributed by atoms with E-state index < -0.39 is 0 Å². The van der Waals surface area contributed by atoms with E-state index in [1.54, 1.807) is 0 Å². The minimum Gasteiger partial charge on any atom is -0.389 e. The minimum atomic E-state index is -0.389. The maximum Gasteiger partial charge on any atom is 0.0897 e. The van der Waals surface area contributed by atoms with Gasteiger partial charge in [-0.1, -0.05) is 13.8 Å². The van der Waals surface area contributed by atoms with Crippen molar-refractivity contribution < 1.29 is 9.84 Å². The van der Waals surface area contributed by atoms with Crippen molar-refractivity contribution in [3.63, 3.8) is 0 Å². The number of unbranched alkanes of at least 4 members (excludes halogenated alkanes) is 1. The second-order valence-electron chi connectivity index (χ2n) is 5.33. The first-order valence-corrected chi connectivity index (χ1v) is 8.45. The lowest BCUT2D eigenvalue weighted by Crippen LogP contribution is -2.32. The van der Waals surface area contributed by atoms with Gasteiger partial charge in [-0.25, -0.2) is 0 Å². The van der Waals surface area contributed by atoms with Gasteiger partial charge in [0.15, 0.2) is 0 Å². The van der Waals surface area contributed by atoms with Gasteiger partial charge in [0.1, 0.15) is 0 Å². The number of rotatable bonds is 12. The highest BCUT2D eigenvalue weighted by molar-refractivity contribution is 7.98. The maximum atomic E-state index is 9.74. The topological polar surface area (TPSA) is 41.5 Å². The zero-order valence-electron chi connectivity index (χ0n) is 12.4. The van der Waals surface area contributed by atoms with Crippen LogP contribution < -0.4 is 5.32 Å². The Morgan fingerprint density at radius 1 is 1.22 bits per heavy atom. The number of aliphatic hydroxyl groups excluding tert-OH is 1. The molecule has 0 radical (unpaired) electrons. The van der Waals surface area contributed by atoms with Crippen LogP contribution in [0.1, 0.15) is 40.0 Å². The fourth-order valence-corrected chi connectivity index (χ4v) is 2.32. The number of hydrogen-bond donors (Lipinski definition) is 2.